The van der Waals surface area contributed by atoms with E-state index in [0.717, 1.165) is 44.9 Å². The van der Waals surface area contributed by atoms with E-state index in [0.29, 0.717) is 39.0 Å². The van der Waals surface area contributed by atoms with Gasteiger partial charge in [-0.2, -0.15) is 0 Å². The van der Waals surface area contributed by atoms with Gasteiger partial charge in [0, 0.05) is 38.8 Å². The minimum absolute atomic E-state index is 0.00304. The molecule has 8 nitrogen and oxygen atoms in total. The second kappa shape index (κ2) is 13.4. The summed E-state index contributed by atoms with van der Waals surface area (Å²) in [7, 11) is 0. The minimum Gasteiger partial charge on any atom is -0.396 e. The molecule has 3 saturated heterocycles. The maximum Gasteiger partial charge on any atom is 0.248 e. The first-order chi connectivity index (χ1) is 18.7. The molecule has 2 bridgehead atoms. The van der Waals surface area contributed by atoms with Crippen LogP contribution in [-0.4, -0.2) is 93.6 Å². The van der Waals surface area contributed by atoms with Crippen molar-refractivity contribution in [3.63, 3.8) is 0 Å². The summed E-state index contributed by atoms with van der Waals surface area (Å²) in [5.74, 6) is -1.60. The molecule has 0 aliphatic carbocycles. The molecule has 1 spiro atoms. The summed E-state index contributed by atoms with van der Waals surface area (Å²) in [6.07, 6.45) is 10.5. The van der Waals surface area contributed by atoms with Crippen LogP contribution in [0.15, 0.2) is 25.3 Å². The Labute approximate surface area is 235 Å². The number of aliphatic hydroxyl groups is 1. The molecule has 1 N–H and O–H groups in total. The number of unbranched alkanes of at least 4 members (excludes halogenated alkanes) is 3. The fraction of sp³-hybridized carbons (Fsp3) is 0.774. The highest BCUT2D eigenvalue weighted by Crippen LogP contribution is 2.63. The lowest BCUT2D eigenvalue weighted by Crippen LogP contribution is -2.58. The summed E-state index contributed by atoms with van der Waals surface area (Å²) in [5, 5.41) is 9.17. The molecule has 0 aromatic rings. The van der Waals surface area contributed by atoms with Gasteiger partial charge in [0.25, 0.3) is 0 Å². The lowest BCUT2D eigenvalue weighted by Gasteiger charge is -2.39. The van der Waals surface area contributed by atoms with Crippen molar-refractivity contribution in [3.8, 4) is 0 Å². The van der Waals surface area contributed by atoms with Crippen molar-refractivity contribution in [1.82, 2.24) is 14.7 Å². The second-order valence-corrected chi connectivity index (χ2v) is 11.9. The molecule has 0 aromatic carbocycles. The van der Waals surface area contributed by atoms with E-state index in [2.05, 4.69) is 27.0 Å². The van der Waals surface area contributed by atoms with Crippen LogP contribution in [0.5, 0.6) is 0 Å². The third kappa shape index (κ3) is 5.83. The standard InChI is InChI=1S/C31H51N3O5/c1-7-15-23(5)33(20-10-4)29(38)26-31-17-16-30(6,39-31)24(27(36)32(18-8-2)19-9-3)25(31)28(37)34(26)21-13-11-12-14-22-35/h8,10,23-26,35H,2,4,7,9,11-22H2,1,3,5-6H3/t23?,24-,25-,26?,30+,31?/m0/s1. The fourth-order valence-electron chi connectivity index (χ4n) is 7.34. The Morgan fingerprint density at radius 3 is 2.41 bits per heavy atom. The summed E-state index contributed by atoms with van der Waals surface area (Å²) in [5.41, 5.74) is -1.79. The average molecular weight is 546 g/mol. The van der Waals surface area contributed by atoms with Crippen molar-refractivity contribution in [2.75, 3.05) is 32.8 Å². The first-order valence-corrected chi connectivity index (χ1v) is 15.1. The molecule has 3 aliphatic rings. The monoisotopic (exact) mass is 545 g/mol. The smallest absolute Gasteiger partial charge is 0.248 e. The number of likely N-dealkylation sites (tertiary alicyclic amines) is 1. The predicted octanol–water partition coefficient (Wildman–Crippen LogP) is 3.93. The van der Waals surface area contributed by atoms with Gasteiger partial charge in [0.1, 0.15) is 11.6 Å². The quantitative estimate of drug-likeness (QED) is 0.221. The Kier molecular flexibility index (Phi) is 10.8. The van der Waals surface area contributed by atoms with E-state index in [1.54, 1.807) is 22.0 Å². The van der Waals surface area contributed by atoms with Crippen LogP contribution in [-0.2, 0) is 19.1 Å². The van der Waals surface area contributed by atoms with Crippen LogP contribution in [0.3, 0.4) is 0 Å². The van der Waals surface area contributed by atoms with Gasteiger partial charge in [0.2, 0.25) is 17.7 Å². The SMILES string of the molecule is C=CCN(CCC)C(=O)[C@@H]1[C@H]2C(=O)N(CCCCCCO)C(C(=O)N(CC=C)C(C)CCC)C23CC[C@@]1(C)O3. The largest absolute Gasteiger partial charge is 0.396 e. The summed E-state index contributed by atoms with van der Waals surface area (Å²) in [4.78, 5) is 48.2. The lowest BCUT2D eigenvalue weighted by atomic mass is 9.66. The lowest BCUT2D eigenvalue weighted by molar-refractivity contribution is -0.154. The number of nitrogens with zero attached hydrogens (tertiary/aromatic N) is 3. The van der Waals surface area contributed by atoms with Crippen molar-refractivity contribution >= 4 is 17.7 Å². The van der Waals surface area contributed by atoms with Crippen LogP contribution < -0.4 is 0 Å². The maximum absolute atomic E-state index is 14.5. The number of carbonyl (C=O) groups is 3. The molecule has 3 rings (SSSR count). The number of ether oxygens (including phenoxy) is 1. The third-order valence-corrected chi connectivity index (χ3v) is 9.09. The summed E-state index contributed by atoms with van der Waals surface area (Å²) in [6.45, 7) is 17.9. The molecule has 39 heavy (non-hydrogen) atoms. The van der Waals surface area contributed by atoms with E-state index in [-0.39, 0.29) is 30.4 Å². The zero-order valence-electron chi connectivity index (χ0n) is 24.7. The average Bonchev–Trinajstić information content (AvgIpc) is 3.47. The first kappa shape index (κ1) is 31.3. The highest BCUT2D eigenvalue weighted by molar-refractivity contribution is 5.99. The Morgan fingerprint density at radius 2 is 1.79 bits per heavy atom. The van der Waals surface area contributed by atoms with Gasteiger partial charge >= 0.3 is 0 Å². The van der Waals surface area contributed by atoms with Crippen molar-refractivity contribution in [1.29, 1.82) is 0 Å². The van der Waals surface area contributed by atoms with Crippen LogP contribution >= 0.6 is 0 Å². The van der Waals surface area contributed by atoms with Crippen LogP contribution in [0.25, 0.3) is 0 Å². The Hall–Kier alpha value is -2.19. The van der Waals surface area contributed by atoms with Crippen LogP contribution in [0.2, 0.25) is 0 Å². The van der Waals surface area contributed by atoms with Gasteiger partial charge in [-0.15, -0.1) is 13.2 Å². The zero-order chi connectivity index (χ0) is 28.8. The van der Waals surface area contributed by atoms with Gasteiger partial charge in [-0.1, -0.05) is 45.3 Å². The van der Waals surface area contributed by atoms with Gasteiger partial charge in [0.05, 0.1) is 17.4 Å². The molecule has 220 valence electrons. The molecule has 3 unspecified atom stereocenters. The van der Waals surface area contributed by atoms with Gasteiger partial charge in [-0.25, -0.2) is 0 Å². The number of hydrogen-bond acceptors (Lipinski definition) is 5. The highest BCUT2D eigenvalue weighted by Gasteiger charge is 2.78. The number of carbonyl (C=O) groups excluding carboxylic acids is 3. The van der Waals surface area contributed by atoms with Crippen molar-refractivity contribution in [2.24, 2.45) is 11.8 Å². The van der Waals surface area contributed by atoms with E-state index in [9.17, 15) is 14.4 Å². The molecule has 0 saturated carbocycles. The van der Waals surface area contributed by atoms with Gasteiger partial charge in [0.15, 0.2) is 0 Å². The maximum atomic E-state index is 14.5. The van der Waals surface area contributed by atoms with Gasteiger partial charge in [-0.05, 0) is 52.4 Å². The van der Waals surface area contributed by atoms with E-state index in [4.69, 9.17) is 9.84 Å². The van der Waals surface area contributed by atoms with Crippen LogP contribution in [0.1, 0.15) is 85.5 Å². The molecular weight excluding hydrogens is 494 g/mol. The number of hydrogen-bond donors (Lipinski definition) is 1. The summed E-state index contributed by atoms with van der Waals surface area (Å²) >= 11 is 0. The van der Waals surface area contributed by atoms with Crippen molar-refractivity contribution in [2.45, 2.75) is 109 Å². The molecular formula is C31H51N3O5. The summed E-state index contributed by atoms with van der Waals surface area (Å²) < 4.78 is 6.82. The Morgan fingerprint density at radius 1 is 1.10 bits per heavy atom. The molecule has 3 aliphatic heterocycles. The molecule has 8 heteroatoms. The van der Waals surface area contributed by atoms with Crippen molar-refractivity contribution in [3.05, 3.63) is 25.3 Å². The van der Waals surface area contributed by atoms with E-state index < -0.39 is 29.1 Å². The topological polar surface area (TPSA) is 90.4 Å². The summed E-state index contributed by atoms with van der Waals surface area (Å²) in [6, 6.07) is -0.762. The van der Waals surface area contributed by atoms with Crippen molar-refractivity contribution < 1.29 is 24.2 Å². The zero-order valence-corrected chi connectivity index (χ0v) is 24.7. The molecule has 3 fully saturated rings. The van der Waals surface area contributed by atoms with Gasteiger partial charge < -0.3 is 24.5 Å². The molecule has 0 aromatic heterocycles. The third-order valence-electron chi connectivity index (χ3n) is 9.09. The van der Waals surface area contributed by atoms with E-state index in [1.807, 2.05) is 18.7 Å². The Balaban J connectivity index is 2.03. The van der Waals surface area contributed by atoms with Crippen LogP contribution in [0.4, 0.5) is 0 Å². The van der Waals surface area contributed by atoms with Crippen LogP contribution in [0, 0.1) is 11.8 Å². The Bertz CT molecular complexity index is 909. The normalized spacial score (nSPS) is 29.8. The fourth-order valence-corrected chi connectivity index (χ4v) is 7.34. The first-order valence-electron chi connectivity index (χ1n) is 15.1. The molecule has 3 amide bonds. The predicted molar refractivity (Wildman–Crippen MR) is 153 cm³/mol. The minimum atomic E-state index is -1.01. The second-order valence-electron chi connectivity index (χ2n) is 11.9. The number of rotatable bonds is 17. The highest BCUT2D eigenvalue weighted by atomic mass is 16.5. The number of aliphatic hydroxyl groups excluding tert-OH is 1. The van der Waals surface area contributed by atoms with Gasteiger partial charge in [-0.3, -0.25) is 14.4 Å². The molecule has 6 atom stereocenters. The number of amides is 3. The number of fused-ring (bicyclic) bond motifs is 1. The van der Waals surface area contributed by atoms with E-state index >= 15 is 0 Å². The molecule has 0 radical (unpaired) electrons. The molecule has 3 heterocycles. The van der Waals surface area contributed by atoms with E-state index in [1.165, 1.54) is 0 Å².